The van der Waals surface area contributed by atoms with Crippen LogP contribution in [0.5, 0.6) is 0 Å². The quantitative estimate of drug-likeness (QED) is 0.392. The van der Waals surface area contributed by atoms with Gasteiger partial charge in [0.1, 0.15) is 35.8 Å². The summed E-state index contributed by atoms with van der Waals surface area (Å²) in [6, 6.07) is 0. The number of hydrogen-bond acceptors (Lipinski definition) is 8. The second-order valence-corrected chi connectivity index (χ2v) is 9.27. The molecule has 158 valence electrons. The van der Waals surface area contributed by atoms with Crippen LogP contribution < -0.4 is 0 Å². The van der Waals surface area contributed by atoms with Crippen LogP contribution in [-0.2, 0) is 14.3 Å². The van der Waals surface area contributed by atoms with Crippen molar-refractivity contribution in [3.63, 3.8) is 0 Å². The summed E-state index contributed by atoms with van der Waals surface area (Å²) in [5.41, 5.74) is -1.98. The van der Waals surface area contributed by atoms with Crippen LogP contribution in [0.4, 0.5) is 0 Å². The van der Waals surface area contributed by atoms with E-state index in [1.807, 2.05) is 13.0 Å². The van der Waals surface area contributed by atoms with Gasteiger partial charge in [0.05, 0.1) is 18.1 Å². The lowest BCUT2D eigenvalue weighted by Gasteiger charge is -2.52. The van der Waals surface area contributed by atoms with E-state index in [0.29, 0.717) is 6.42 Å². The zero-order valence-corrected chi connectivity index (χ0v) is 16.4. The van der Waals surface area contributed by atoms with Gasteiger partial charge in [-0.3, -0.25) is 4.79 Å². The van der Waals surface area contributed by atoms with Crippen LogP contribution in [0, 0.1) is 17.3 Å². The van der Waals surface area contributed by atoms with E-state index in [4.69, 9.17) is 9.47 Å². The first kappa shape index (κ1) is 20.4. The van der Waals surface area contributed by atoms with Gasteiger partial charge >= 0.3 is 0 Å². The maximum atomic E-state index is 13.0. The first-order valence-electron chi connectivity index (χ1n) is 9.95. The SMILES string of the molecule is CC1=CC2(OC3OC(CO)C(O)C(O)C3O)CC(C)C(=O)C2C(C)(O)C12CC2. The third-order valence-electron chi connectivity index (χ3n) is 7.56. The van der Waals surface area contributed by atoms with Gasteiger partial charge in [-0.05, 0) is 33.1 Å². The molecule has 1 saturated heterocycles. The van der Waals surface area contributed by atoms with Crippen LogP contribution in [0.15, 0.2) is 11.6 Å². The summed E-state index contributed by atoms with van der Waals surface area (Å²) < 4.78 is 11.7. The van der Waals surface area contributed by atoms with Crippen molar-refractivity contribution in [1.82, 2.24) is 0 Å². The standard InChI is InChI=1S/C20H30O8/c1-9-6-20(28-17-15(25)14(24)13(23)11(8-21)27-17)7-10(2)19(4-5-19)18(3,26)16(20)12(9)22/h7,9,11,13-17,21,23-26H,4-6,8H2,1-3H3. The fraction of sp³-hybridized carbons (Fsp3) is 0.850. The maximum absolute atomic E-state index is 13.0. The van der Waals surface area contributed by atoms with Gasteiger partial charge in [-0.15, -0.1) is 0 Å². The van der Waals surface area contributed by atoms with Crippen LogP contribution in [0.1, 0.15) is 40.0 Å². The molecule has 2 saturated carbocycles. The van der Waals surface area contributed by atoms with Gasteiger partial charge in [0.25, 0.3) is 0 Å². The number of fused-ring (bicyclic) bond motifs is 1. The molecule has 0 aromatic heterocycles. The molecule has 4 aliphatic rings. The van der Waals surface area contributed by atoms with E-state index in [2.05, 4.69) is 0 Å². The first-order valence-corrected chi connectivity index (χ1v) is 9.95. The minimum atomic E-state index is -1.57. The predicted molar refractivity (Wildman–Crippen MR) is 95.9 cm³/mol. The molecule has 3 fully saturated rings. The Hall–Kier alpha value is -0.870. The number of aliphatic hydroxyl groups excluding tert-OH is 4. The average molecular weight is 398 g/mol. The highest BCUT2D eigenvalue weighted by atomic mass is 16.7. The number of Topliss-reactive ketones (excluding diaryl/α,β-unsaturated/α-hetero) is 1. The molecule has 1 aliphatic heterocycles. The fourth-order valence-electron chi connectivity index (χ4n) is 5.85. The molecule has 1 heterocycles. The lowest BCUT2D eigenvalue weighted by Crippen LogP contribution is -2.64. The summed E-state index contributed by atoms with van der Waals surface area (Å²) in [6.07, 6.45) is -3.27. The summed E-state index contributed by atoms with van der Waals surface area (Å²) in [4.78, 5) is 13.0. The van der Waals surface area contributed by atoms with Crippen molar-refractivity contribution >= 4 is 5.78 Å². The summed E-state index contributed by atoms with van der Waals surface area (Å²) in [5, 5.41) is 51.4. The molecule has 3 aliphatic carbocycles. The van der Waals surface area contributed by atoms with Crippen molar-refractivity contribution in [2.24, 2.45) is 17.3 Å². The van der Waals surface area contributed by atoms with Gasteiger partial charge in [0, 0.05) is 11.3 Å². The van der Waals surface area contributed by atoms with E-state index < -0.39 is 59.8 Å². The number of ketones is 1. The Labute approximate surface area is 163 Å². The van der Waals surface area contributed by atoms with Crippen LogP contribution in [0.2, 0.25) is 0 Å². The number of carbonyl (C=O) groups is 1. The Morgan fingerprint density at radius 1 is 1.21 bits per heavy atom. The molecular formula is C20H30O8. The molecule has 4 rings (SSSR count). The third-order valence-corrected chi connectivity index (χ3v) is 7.56. The van der Waals surface area contributed by atoms with Crippen molar-refractivity contribution in [2.75, 3.05) is 6.61 Å². The third kappa shape index (κ3) is 2.52. The summed E-state index contributed by atoms with van der Waals surface area (Å²) in [7, 11) is 0. The Morgan fingerprint density at radius 2 is 1.86 bits per heavy atom. The van der Waals surface area contributed by atoms with Crippen molar-refractivity contribution in [3.8, 4) is 0 Å². The van der Waals surface area contributed by atoms with Crippen LogP contribution in [0.3, 0.4) is 0 Å². The second-order valence-electron chi connectivity index (χ2n) is 9.27. The molecule has 0 aromatic rings. The molecule has 0 amide bonds. The Balaban J connectivity index is 1.73. The van der Waals surface area contributed by atoms with E-state index in [1.54, 1.807) is 13.8 Å². The lowest BCUT2D eigenvalue weighted by molar-refractivity contribution is -0.330. The molecule has 0 aromatic carbocycles. The lowest BCUT2D eigenvalue weighted by atomic mass is 9.61. The predicted octanol–water partition coefficient (Wildman–Crippen LogP) is -0.742. The molecule has 0 radical (unpaired) electrons. The van der Waals surface area contributed by atoms with Crippen LogP contribution in [-0.4, -0.2) is 79.8 Å². The van der Waals surface area contributed by atoms with E-state index in [9.17, 15) is 30.3 Å². The molecule has 5 N–H and O–H groups in total. The summed E-state index contributed by atoms with van der Waals surface area (Å²) >= 11 is 0. The molecule has 8 nitrogen and oxygen atoms in total. The maximum Gasteiger partial charge on any atom is 0.187 e. The van der Waals surface area contributed by atoms with Crippen molar-refractivity contribution < 1.29 is 39.8 Å². The van der Waals surface area contributed by atoms with E-state index in [1.165, 1.54) is 0 Å². The normalized spacial score (nSPS) is 52.5. The highest BCUT2D eigenvalue weighted by Crippen LogP contribution is 2.68. The number of rotatable bonds is 3. The molecule has 1 spiro atoms. The van der Waals surface area contributed by atoms with Crippen molar-refractivity contribution in [1.29, 1.82) is 0 Å². The molecular weight excluding hydrogens is 368 g/mol. The van der Waals surface area contributed by atoms with E-state index in [-0.39, 0.29) is 11.7 Å². The minimum absolute atomic E-state index is 0.0929. The second kappa shape index (κ2) is 6.31. The van der Waals surface area contributed by atoms with Crippen molar-refractivity contribution in [3.05, 3.63) is 11.6 Å². The highest BCUT2D eigenvalue weighted by Gasteiger charge is 2.72. The first-order chi connectivity index (χ1) is 13.0. The Morgan fingerprint density at radius 3 is 2.43 bits per heavy atom. The van der Waals surface area contributed by atoms with Gasteiger partial charge in [0.2, 0.25) is 0 Å². The van der Waals surface area contributed by atoms with Gasteiger partial charge in [-0.1, -0.05) is 18.6 Å². The van der Waals surface area contributed by atoms with Crippen LogP contribution in [0.25, 0.3) is 0 Å². The monoisotopic (exact) mass is 398 g/mol. The number of hydrogen-bond donors (Lipinski definition) is 5. The van der Waals surface area contributed by atoms with Gasteiger partial charge in [-0.25, -0.2) is 0 Å². The van der Waals surface area contributed by atoms with Gasteiger partial charge in [0.15, 0.2) is 6.29 Å². The largest absolute Gasteiger partial charge is 0.394 e. The number of ether oxygens (including phenoxy) is 2. The molecule has 28 heavy (non-hydrogen) atoms. The highest BCUT2D eigenvalue weighted by molar-refractivity contribution is 5.89. The van der Waals surface area contributed by atoms with Gasteiger partial charge < -0.3 is 35.0 Å². The Bertz CT molecular complexity index is 696. The van der Waals surface area contributed by atoms with Crippen molar-refractivity contribution in [2.45, 2.75) is 81.9 Å². The number of aliphatic hydroxyl groups is 5. The fourth-order valence-corrected chi connectivity index (χ4v) is 5.85. The average Bonchev–Trinajstić information content (AvgIpc) is 3.39. The van der Waals surface area contributed by atoms with E-state index in [0.717, 1.165) is 18.4 Å². The van der Waals surface area contributed by atoms with E-state index >= 15 is 0 Å². The van der Waals surface area contributed by atoms with Crippen LogP contribution >= 0.6 is 0 Å². The zero-order chi connectivity index (χ0) is 20.6. The zero-order valence-electron chi connectivity index (χ0n) is 16.4. The topological polar surface area (TPSA) is 137 Å². The van der Waals surface area contributed by atoms with Gasteiger partial charge in [-0.2, -0.15) is 0 Å². The molecule has 9 unspecified atom stereocenters. The smallest absolute Gasteiger partial charge is 0.187 e. The minimum Gasteiger partial charge on any atom is -0.394 e. The summed E-state index contributed by atoms with van der Waals surface area (Å²) in [5.74, 6) is -1.27. The summed E-state index contributed by atoms with van der Waals surface area (Å²) in [6.45, 7) is 4.83. The molecule has 0 bridgehead atoms. The molecule has 9 atom stereocenters. The molecule has 8 heteroatoms. The Kier molecular flexibility index (Phi) is 4.60. The number of carbonyl (C=O) groups excluding carboxylic acids is 1.